The van der Waals surface area contributed by atoms with E-state index in [1.807, 2.05) is 0 Å². The maximum atomic E-state index is 12.7. The second-order valence-corrected chi connectivity index (χ2v) is 2.96. The predicted octanol–water partition coefficient (Wildman–Crippen LogP) is 2.28. The van der Waals surface area contributed by atoms with E-state index in [2.05, 4.69) is 0 Å². The summed E-state index contributed by atoms with van der Waals surface area (Å²) in [5.41, 5.74) is 4.27. The molecule has 2 N–H and O–H groups in total. The van der Waals surface area contributed by atoms with Crippen LogP contribution in [0.5, 0.6) is 0 Å². The van der Waals surface area contributed by atoms with E-state index >= 15 is 0 Å². The molecular formula is C10H8F2N2O. The van der Waals surface area contributed by atoms with Gasteiger partial charge < -0.3 is 5.73 Å². The Morgan fingerprint density at radius 3 is 2.53 bits per heavy atom. The van der Waals surface area contributed by atoms with Crippen molar-refractivity contribution >= 4 is 11.5 Å². The molecule has 0 aromatic heterocycles. The van der Waals surface area contributed by atoms with Crippen LogP contribution in [0.25, 0.3) is 0 Å². The first kappa shape index (κ1) is 11.1. The van der Waals surface area contributed by atoms with Crippen molar-refractivity contribution in [3.8, 4) is 6.07 Å². The molecule has 0 aliphatic heterocycles. The summed E-state index contributed by atoms with van der Waals surface area (Å²) in [6.07, 6.45) is -2.89. The van der Waals surface area contributed by atoms with Crippen molar-refractivity contribution in [3.05, 3.63) is 28.8 Å². The summed E-state index contributed by atoms with van der Waals surface area (Å²) >= 11 is 0. The molecule has 3 nitrogen and oxygen atoms in total. The fourth-order valence-electron chi connectivity index (χ4n) is 1.29. The minimum absolute atomic E-state index is 0.0437. The Morgan fingerprint density at radius 2 is 2.13 bits per heavy atom. The monoisotopic (exact) mass is 210 g/mol. The second kappa shape index (κ2) is 4.05. The lowest BCUT2D eigenvalue weighted by molar-refractivity contribution is 0.0999. The molecule has 1 rings (SSSR count). The summed E-state index contributed by atoms with van der Waals surface area (Å²) in [6.45, 7) is 1.17. The Kier molecular flexibility index (Phi) is 3.00. The maximum absolute atomic E-state index is 12.7. The third kappa shape index (κ3) is 1.94. The number of nitrogens with two attached hydrogens (primary N) is 1. The van der Waals surface area contributed by atoms with Gasteiger partial charge in [-0.1, -0.05) is 0 Å². The van der Waals surface area contributed by atoms with Crippen LogP contribution in [0.4, 0.5) is 14.5 Å². The minimum atomic E-state index is -2.89. The van der Waals surface area contributed by atoms with E-state index in [4.69, 9.17) is 11.0 Å². The first-order valence-electron chi connectivity index (χ1n) is 4.10. The third-order valence-corrected chi connectivity index (χ3v) is 1.99. The molecule has 0 saturated heterocycles. The van der Waals surface area contributed by atoms with Gasteiger partial charge in [0, 0.05) is 16.8 Å². The summed E-state index contributed by atoms with van der Waals surface area (Å²) in [5.74, 6) is -0.512. The number of hydrogen-bond acceptors (Lipinski definition) is 3. The largest absolute Gasteiger partial charge is 0.398 e. The average molecular weight is 210 g/mol. The van der Waals surface area contributed by atoms with E-state index < -0.39 is 17.8 Å². The van der Waals surface area contributed by atoms with Gasteiger partial charge in [-0.3, -0.25) is 4.79 Å². The smallest absolute Gasteiger partial charge is 0.265 e. The average Bonchev–Trinajstić information content (AvgIpc) is 2.16. The van der Waals surface area contributed by atoms with Crippen LogP contribution in [0.3, 0.4) is 0 Å². The van der Waals surface area contributed by atoms with Gasteiger partial charge in [0.25, 0.3) is 6.43 Å². The second-order valence-electron chi connectivity index (χ2n) is 2.96. The zero-order valence-corrected chi connectivity index (χ0v) is 7.92. The van der Waals surface area contributed by atoms with E-state index in [1.165, 1.54) is 19.1 Å². The molecule has 1 aromatic carbocycles. The van der Waals surface area contributed by atoms with Crippen molar-refractivity contribution in [2.24, 2.45) is 0 Å². The number of alkyl halides is 2. The highest BCUT2D eigenvalue weighted by Gasteiger charge is 2.21. The zero-order chi connectivity index (χ0) is 11.6. The molecule has 0 spiro atoms. The van der Waals surface area contributed by atoms with E-state index in [9.17, 15) is 13.6 Å². The normalized spacial score (nSPS) is 10.1. The standard InChI is InChI=1S/C10H8F2N2O/c1-5(15)6-2-3-8(14)7(4-13)9(6)10(11)12/h2-3,10H,14H2,1H3. The molecule has 15 heavy (non-hydrogen) atoms. The van der Waals surface area contributed by atoms with Crippen molar-refractivity contribution in [3.63, 3.8) is 0 Å². The lowest BCUT2D eigenvalue weighted by atomic mass is 9.98. The number of nitrogen functional groups attached to an aromatic ring is 1. The number of nitrogens with zero attached hydrogens (tertiary/aromatic N) is 1. The highest BCUT2D eigenvalue weighted by molar-refractivity contribution is 5.97. The Bertz CT molecular complexity index is 449. The van der Waals surface area contributed by atoms with Crippen molar-refractivity contribution in [1.82, 2.24) is 0 Å². The van der Waals surface area contributed by atoms with Crippen molar-refractivity contribution in [1.29, 1.82) is 5.26 Å². The van der Waals surface area contributed by atoms with Crippen LogP contribution in [0.1, 0.15) is 34.8 Å². The highest BCUT2D eigenvalue weighted by atomic mass is 19.3. The van der Waals surface area contributed by atoms with Crippen LogP contribution in [0.15, 0.2) is 12.1 Å². The number of rotatable bonds is 2. The molecule has 0 saturated carbocycles. The Labute approximate surface area is 85.1 Å². The van der Waals surface area contributed by atoms with Gasteiger partial charge >= 0.3 is 0 Å². The van der Waals surface area contributed by atoms with Gasteiger partial charge in [-0.05, 0) is 19.1 Å². The van der Waals surface area contributed by atoms with Gasteiger partial charge in [-0.25, -0.2) is 8.78 Å². The summed E-state index contributed by atoms with van der Waals surface area (Å²) in [5, 5.41) is 8.68. The van der Waals surface area contributed by atoms with Gasteiger partial charge in [0.15, 0.2) is 5.78 Å². The van der Waals surface area contributed by atoms with Crippen molar-refractivity contribution in [2.45, 2.75) is 13.3 Å². The molecular weight excluding hydrogens is 202 g/mol. The first-order chi connectivity index (χ1) is 6.99. The van der Waals surface area contributed by atoms with Gasteiger partial charge in [-0.15, -0.1) is 0 Å². The van der Waals surface area contributed by atoms with Crippen LogP contribution >= 0.6 is 0 Å². The minimum Gasteiger partial charge on any atom is -0.398 e. The molecule has 0 radical (unpaired) electrons. The third-order valence-electron chi connectivity index (χ3n) is 1.99. The van der Waals surface area contributed by atoms with E-state index in [1.54, 1.807) is 6.07 Å². The highest BCUT2D eigenvalue weighted by Crippen LogP contribution is 2.30. The maximum Gasteiger partial charge on any atom is 0.265 e. The summed E-state index contributed by atoms with van der Waals surface area (Å²) in [4.78, 5) is 11.1. The molecule has 0 bridgehead atoms. The SMILES string of the molecule is CC(=O)c1ccc(N)c(C#N)c1C(F)F. The molecule has 1 aromatic rings. The summed E-state index contributed by atoms with van der Waals surface area (Å²) < 4.78 is 25.3. The number of ketones is 1. The van der Waals surface area contributed by atoms with Crippen LogP contribution in [0.2, 0.25) is 0 Å². The number of benzene rings is 1. The molecule has 0 atom stereocenters. The molecule has 0 unspecified atom stereocenters. The molecule has 0 fully saturated rings. The van der Waals surface area contributed by atoms with E-state index in [0.29, 0.717) is 0 Å². The quantitative estimate of drug-likeness (QED) is 0.601. The number of halogens is 2. The number of carbonyl (C=O) groups excluding carboxylic acids is 1. The van der Waals surface area contributed by atoms with Crippen LogP contribution in [-0.2, 0) is 0 Å². The van der Waals surface area contributed by atoms with Crippen molar-refractivity contribution < 1.29 is 13.6 Å². The molecule has 0 amide bonds. The summed E-state index contributed by atoms with van der Waals surface area (Å²) in [7, 11) is 0. The Morgan fingerprint density at radius 1 is 1.53 bits per heavy atom. The number of nitriles is 1. The number of carbonyl (C=O) groups is 1. The van der Waals surface area contributed by atoms with Crippen LogP contribution in [-0.4, -0.2) is 5.78 Å². The molecule has 0 aliphatic rings. The van der Waals surface area contributed by atoms with Crippen molar-refractivity contribution in [2.75, 3.05) is 5.73 Å². The summed E-state index contributed by atoms with van der Waals surface area (Å²) in [6, 6.07) is 4.07. The molecule has 0 aliphatic carbocycles. The molecule has 78 valence electrons. The number of Topliss-reactive ketones (excluding diaryl/α,β-unsaturated/α-hetero) is 1. The van der Waals surface area contributed by atoms with Crippen LogP contribution < -0.4 is 5.73 Å². The molecule has 5 heteroatoms. The van der Waals surface area contributed by atoms with E-state index in [0.717, 1.165) is 0 Å². The first-order valence-corrected chi connectivity index (χ1v) is 4.10. The Balaban J connectivity index is 3.58. The van der Waals surface area contributed by atoms with E-state index in [-0.39, 0.29) is 16.8 Å². The Hall–Kier alpha value is -1.96. The fourth-order valence-corrected chi connectivity index (χ4v) is 1.29. The van der Waals surface area contributed by atoms with Gasteiger partial charge in [-0.2, -0.15) is 5.26 Å². The fraction of sp³-hybridized carbons (Fsp3) is 0.200. The number of anilines is 1. The zero-order valence-electron chi connectivity index (χ0n) is 7.92. The van der Waals surface area contributed by atoms with Gasteiger partial charge in [0.1, 0.15) is 6.07 Å². The topological polar surface area (TPSA) is 66.9 Å². The van der Waals surface area contributed by atoms with Gasteiger partial charge in [0.05, 0.1) is 5.56 Å². The predicted molar refractivity (Wildman–Crippen MR) is 50.5 cm³/mol. The molecule has 0 heterocycles. The number of hydrogen-bond donors (Lipinski definition) is 1. The lowest BCUT2D eigenvalue weighted by Gasteiger charge is -2.09. The van der Waals surface area contributed by atoms with Crippen LogP contribution in [0, 0.1) is 11.3 Å². The lowest BCUT2D eigenvalue weighted by Crippen LogP contribution is -2.05. The van der Waals surface area contributed by atoms with Gasteiger partial charge in [0.2, 0.25) is 0 Å².